The van der Waals surface area contributed by atoms with E-state index in [9.17, 15) is 14.7 Å². The molecule has 3 N–H and O–H groups in total. The Hall–Kier alpha value is -3.55. The minimum Gasteiger partial charge on any atom is -0.478 e. The molecule has 1 heterocycles. The normalized spacial score (nSPS) is 15.1. The van der Waals surface area contributed by atoms with E-state index in [1.807, 2.05) is 75.4 Å². The molecule has 1 atom stereocenters. The summed E-state index contributed by atoms with van der Waals surface area (Å²) in [5.41, 5.74) is 4.21. The number of carboxylic acids is 1. The molecular weight excluding hydrogens is 516 g/mol. The summed E-state index contributed by atoms with van der Waals surface area (Å²) in [6, 6.07) is 20.3. The molecule has 0 saturated carbocycles. The summed E-state index contributed by atoms with van der Waals surface area (Å²) in [4.78, 5) is 25.6. The van der Waals surface area contributed by atoms with Crippen LogP contribution < -0.4 is 10.2 Å². The molecule has 206 valence electrons. The summed E-state index contributed by atoms with van der Waals surface area (Å²) in [6.07, 6.45) is 0.369. The van der Waals surface area contributed by atoms with Gasteiger partial charge in [0.1, 0.15) is 5.60 Å². The number of rotatable bonds is 7. The van der Waals surface area contributed by atoms with E-state index in [4.69, 9.17) is 21.4 Å². The fraction of sp³-hybridized carbons (Fsp3) is 0.355. The molecule has 3 aromatic carbocycles. The number of carbonyl (C=O) groups is 2. The highest BCUT2D eigenvalue weighted by molar-refractivity contribution is 6.30. The zero-order valence-corrected chi connectivity index (χ0v) is 23.2. The van der Waals surface area contributed by atoms with Crippen molar-refractivity contribution in [2.45, 2.75) is 51.9 Å². The van der Waals surface area contributed by atoms with Crippen LogP contribution in [-0.4, -0.2) is 41.0 Å². The standard InChI is InChI=1S/C31H35ClN2O5/c1-31(2,3)39-30(38)33-19-20-4-13-26(21-5-9-24(32)10-6-21)27(18-20)28(35)22-14-16-34(17-15-22)25-11-7-23(8-12-25)29(36)37/h4-13,18,22,28,35H,14-17,19H2,1-3H3,(H,33,38)(H,36,37)/t28-/m0/s1. The van der Waals surface area contributed by atoms with E-state index < -0.39 is 23.8 Å². The molecule has 1 aliphatic rings. The molecule has 3 aromatic rings. The van der Waals surface area contributed by atoms with Crippen LogP contribution in [0.2, 0.25) is 5.02 Å². The average molecular weight is 551 g/mol. The van der Waals surface area contributed by atoms with Gasteiger partial charge in [-0.3, -0.25) is 0 Å². The molecule has 0 aliphatic carbocycles. The Balaban J connectivity index is 1.51. The Labute approximate surface area is 234 Å². The molecule has 8 heteroatoms. The summed E-state index contributed by atoms with van der Waals surface area (Å²) in [5.74, 6) is -0.900. The number of carbonyl (C=O) groups excluding carboxylic acids is 1. The topological polar surface area (TPSA) is 99.1 Å². The number of aliphatic hydroxyl groups is 1. The first kappa shape index (κ1) is 28.5. The largest absolute Gasteiger partial charge is 0.478 e. The quantitative estimate of drug-likeness (QED) is 0.303. The van der Waals surface area contributed by atoms with Gasteiger partial charge in [-0.15, -0.1) is 0 Å². The van der Waals surface area contributed by atoms with Crippen LogP contribution in [0.1, 0.15) is 61.2 Å². The van der Waals surface area contributed by atoms with Crippen molar-refractivity contribution >= 4 is 29.4 Å². The van der Waals surface area contributed by atoms with Crippen molar-refractivity contribution < 1.29 is 24.5 Å². The lowest BCUT2D eigenvalue weighted by molar-refractivity contribution is 0.0523. The van der Waals surface area contributed by atoms with E-state index in [-0.39, 0.29) is 18.0 Å². The minimum atomic E-state index is -0.941. The fourth-order valence-corrected chi connectivity index (χ4v) is 5.02. The van der Waals surface area contributed by atoms with Crippen LogP contribution in [0.25, 0.3) is 11.1 Å². The maximum atomic E-state index is 12.2. The second kappa shape index (κ2) is 12.1. The first-order valence-electron chi connectivity index (χ1n) is 13.1. The number of hydrogen-bond acceptors (Lipinski definition) is 5. The number of aliphatic hydroxyl groups excluding tert-OH is 1. The third-order valence-corrected chi connectivity index (χ3v) is 7.14. The number of anilines is 1. The summed E-state index contributed by atoms with van der Waals surface area (Å²) in [6.45, 7) is 7.24. The second-order valence-electron chi connectivity index (χ2n) is 10.9. The predicted molar refractivity (Wildman–Crippen MR) is 153 cm³/mol. The first-order chi connectivity index (χ1) is 18.5. The second-order valence-corrected chi connectivity index (χ2v) is 11.3. The number of hydrogen-bond donors (Lipinski definition) is 3. The van der Waals surface area contributed by atoms with Crippen molar-refractivity contribution in [3.63, 3.8) is 0 Å². The van der Waals surface area contributed by atoms with Crippen LogP contribution in [-0.2, 0) is 11.3 Å². The van der Waals surface area contributed by atoms with Crippen molar-refractivity contribution in [3.05, 3.63) is 88.4 Å². The molecule has 0 aromatic heterocycles. The Morgan fingerprint density at radius 1 is 1.03 bits per heavy atom. The van der Waals surface area contributed by atoms with Gasteiger partial charge in [0.15, 0.2) is 0 Å². The van der Waals surface area contributed by atoms with Gasteiger partial charge in [-0.25, -0.2) is 9.59 Å². The Morgan fingerprint density at radius 3 is 2.26 bits per heavy atom. The Kier molecular flexibility index (Phi) is 8.83. The van der Waals surface area contributed by atoms with Crippen LogP contribution in [0, 0.1) is 5.92 Å². The molecule has 0 radical (unpaired) electrons. The van der Waals surface area contributed by atoms with E-state index >= 15 is 0 Å². The molecule has 1 fully saturated rings. The molecule has 7 nitrogen and oxygen atoms in total. The molecule has 1 aliphatic heterocycles. The summed E-state index contributed by atoms with van der Waals surface area (Å²) < 4.78 is 5.36. The van der Waals surface area contributed by atoms with Crippen molar-refractivity contribution in [1.29, 1.82) is 0 Å². The van der Waals surface area contributed by atoms with E-state index in [1.165, 1.54) is 0 Å². The molecule has 0 unspecified atom stereocenters. The van der Waals surface area contributed by atoms with Gasteiger partial charge in [0.05, 0.1) is 11.7 Å². The third-order valence-electron chi connectivity index (χ3n) is 6.89. The molecule has 4 rings (SSSR count). The van der Waals surface area contributed by atoms with Gasteiger partial charge in [-0.1, -0.05) is 41.9 Å². The van der Waals surface area contributed by atoms with Crippen molar-refractivity contribution in [2.24, 2.45) is 5.92 Å². The van der Waals surface area contributed by atoms with E-state index in [0.717, 1.165) is 53.9 Å². The highest BCUT2D eigenvalue weighted by Gasteiger charge is 2.28. The van der Waals surface area contributed by atoms with Crippen molar-refractivity contribution in [1.82, 2.24) is 5.32 Å². The molecular formula is C31H35ClN2O5. The highest BCUT2D eigenvalue weighted by atomic mass is 35.5. The summed E-state index contributed by atoms with van der Waals surface area (Å²) in [5, 5.41) is 24.2. The van der Waals surface area contributed by atoms with Crippen LogP contribution in [0.15, 0.2) is 66.7 Å². The Morgan fingerprint density at radius 2 is 1.67 bits per heavy atom. The number of ether oxygens (including phenoxy) is 1. The number of aromatic carboxylic acids is 1. The van der Waals surface area contributed by atoms with Gasteiger partial charge in [-0.2, -0.15) is 0 Å². The van der Waals surface area contributed by atoms with E-state index in [1.54, 1.807) is 12.1 Å². The minimum absolute atomic E-state index is 0.0414. The molecule has 1 saturated heterocycles. The van der Waals surface area contributed by atoms with E-state index in [0.29, 0.717) is 5.02 Å². The first-order valence-corrected chi connectivity index (χ1v) is 13.5. The lowest BCUT2D eigenvalue weighted by Crippen LogP contribution is -2.35. The summed E-state index contributed by atoms with van der Waals surface area (Å²) >= 11 is 6.12. The van der Waals surface area contributed by atoms with Gasteiger partial charge < -0.3 is 25.2 Å². The maximum Gasteiger partial charge on any atom is 0.407 e. The van der Waals surface area contributed by atoms with E-state index in [2.05, 4.69) is 10.2 Å². The molecule has 1 amide bonds. The average Bonchev–Trinajstić information content (AvgIpc) is 2.91. The zero-order chi connectivity index (χ0) is 28.2. The van der Waals surface area contributed by atoms with Gasteiger partial charge in [-0.05, 0) is 98.2 Å². The molecule has 39 heavy (non-hydrogen) atoms. The van der Waals surface area contributed by atoms with Gasteiger partial charge in [0.2, 0.25) is 0 Å². The highest BCUT2D eigenvalue weighted by Crippen LogP contribution is 2.38. The van der Waals surface area contributed by atoms with Crippen molar-refractivity contribution in [2.75, 3.05) is 18.0 Å². The fourth-order valence-electron chi connectivity index (χ4n) is 4.89. The van der Waals surface area contributed by atoms with Crippen LogP contribution in [0.4, 0.5) is 10.5 Å². The number of piperidine rings is 1. The number of nitrogens with one attached hydrogen (secondary N) is 1. The predicted octanol–water partition coefficient (Wildman–Crippen LogP) is 6.68. The lowest BCUT2D eigenvalue weighted by Gasteiger charge is -2.36. The monoisotopic (exact) mass is 550 g/mol. The van der Waals surface area contributed by atoms with Crippen LogP contribution >= 0.6 is 11.6 Å². The van der Waals surface area contributed by atoms with Crippen LogP contribution in [0.5, 0.6) is 0 Å². The number of carboxylic acid groups (broad SMARTS) is 1. The van der Waals surface area contributed by atoms with Crippen molar-refractivity contribution in [3.8, 4) is 11.1 Å². The number of nitrogens with zero attached hydrogens (tertiary/aromatic N) is 1. The maximum absolute atomic E-state index is 12.2. The SMILES string of the molecule is CC(C)(C)OC(=O)NCc1ccc(-c2ccc(Cl)cc2)c([C@@H](O)C2CCN(c3ccc(C(=O)O)cc3)CC2)c1. The number of benzene rings is 3. The number of alkyl carbamates (subject to hydrolysis) is 1. The number of halogens is 1. The van der Waals surface area contributed by atoms with Gasteiger partial charge in [0.25, 0.3) is 0 Å². The Bertz CT molecular complexity index is 1290. The smallest absolute Gasteiger partial charge is 0.407 e. The summed E-state index contributed by atoms with van der Waals surface area (Å²) in [7, 11) is 0. The zero-order valence-electron chi connectivity index (χ0n) is 22.5. The van der Waals surface area contributed by atoms with Gasteiger partial charge in [0, 0.05) is 30.3 Å². The lowest BCUT2D eigenvalue weighted by atomic mass is 9.83. The number of amides is 1. The van der Waals surface area contributed by atoms with Gasteiger partial charge >= 0.3 is 12.1 Å². The molecule has 0 spiro atoms. The molecule has 0 bridgehead atoms. The van der Waals surface area contributed by atoms with Crippen LogP contribution in [0.3, 0.4) is 0 Å². The third kappa shape index (κ3) is 7.52.